The minimum absolute atomic E-state index is 0.0561. The van der Waals surface area contributed by atoms with E-state index in [4.69, 9.17) is 10.00 Å². The van der Waals surface area contributed by atoms with Gasteiger partial charge in [0.1, 0.15) is 5.75 Å². The molecule has 0 aliphatic heterocycles. The first-order chi connectivity index (χ1) is 10.6. The number of amides is 1. The lowest BCUT2D eigenvalue weighted by molar-refractivity contribution is -0.128. The van der Waals surface area contributed by atoms with E-state index in [1.807, 2.05) is 25.3 Å². The maximum absolute atomic E-state index is 12.1. The molecule has 0 spiro atoms. The van der Waals surface area contributed by atoms with E-state index in [-0.39, 0.29) is 11.9 Å². The number of ether oxygens (including phenoxy) is 1. The van der Waals surface area contributed by atoms with Gasteiger partial charge in [-0.3, -0.25) is 9.48 Å². The lowest BCUT2D eigenvalue weighted by Crippen LogP contribution is -2.43. The first-order valence-electron chi connectivity index (χ1n) is 7.03. The Morgan fingerprint density at radius 1 is 1.41 bits per heavy atom. The number of hydrogen-bond donors (Lipinski definition) is 1. The normalized spacial score (nSPS) is 13.0. The summed E-state index contributed by atoms with van der Waals surface area (Å²) in [6.45, 7) is 4.20. The third kappa shape index (κ3) is 4.35. The number of aromatic nitrogens is 2. The summed E-state index contributed by atoms with van der Waals surface area (Å²) in [4.78, 5) is 12.1. The number of benzene rings is 1. The molecule has 0 saturated carbocycles. The molecule has 1 N–H and O–H groups in total. The van der Waals surface area contributed by atoms with E-state index < -0.39 is 6.10 Å². The van der Waals surface area contributed by atoms with E-state index >= 15 is 0 Å². The number of carbonyl (C=O) groups is 1. The van der Waals surface area contributed by atoms with Crippen LogP contribution in [0.15, 0.2) is 42.7 Å². The molecule has 1 aromatic carbocycles. The molecule has 6 heteroatoms. The molecule has 0 saturated heterocycles. The standard InChI is InChI=1S/C16H18N4O2/c1-12(11-20-9-3-8-18-20)19-16(21)13(2)22-15-6-4-14(10-17)5-7-15/h3-9,12-13H,11H2,1-2H3,(H,19,21)/t12-,13-/m1/s1. The lowest BCUT2D eigenvalue weighted by Gasteiger charge is -2.18. The van der Waals surface area contributed by atoms with Crippen LogP contribution in [0.4, 0.5) is 0 Å². The third-order valence-electron chi connectivity index (χ3n) is 3.07. The predicted octanol–water partition coefficient (Wildman–Crippen LogP) is 1.73. The van der Waals surface area contributed by atoms with Crippen LogP contribution in [-0.4, -0.2) is 27.8 Å². The number of hydrogen-bond acceptors (Lipinski definition) is 4. The molecular formula is C16H18N4O2. The van der Waals surface area contributed by atoms with Crippen LogP contribution in [0.2, 0.25) is 0 Å². The molecule has 0 unspecified atom stereocenters. The van der Waals surface area contributed by atoms with Crippen LogP contribution in [0, 0.1) is 11.3 Å². The van der Waals surface area contributed by atoms with Crippen LogP contribution in [-0.2, 0) is 11.3 Å². The fourth-order valence-electron chi connectivity index (χ4n) is 1.96. The third-order valence-corrected chi connectivity index (χ3v) is 3.07. The second-order valence-corrected chi connectivity index (χ2v) is 5.03. The van der Waals surface area contributed by atoms with Crippen LogP contribution in [0.1, 0.15) is 19.4 Å². The fraction of sp³-hybridized carbons (Fsp3) is 0.312. The minimum Gasteiger partial charge on any atom is -0.481 e. The molecule has 0 fully saturated rings. The number of rotatable bonds is 6. The molecule has 2 aromatic rings. The molecule has 2 rings (SSSR count). The van der Waals surface area contributed by atoms with Crippen LogP contribution in [0.25, 0.3) is 0 Å². The molecule has 0 aliphatic carbocycles. The van der Waals surface area contributed by atoms with E-state index in [1.54, 1.807) is 42.1 Å². The first kappa shape index (κ1) is 15.6. The number of nitrogens with zero attached hydrogens (tertiary/aromatic N) is 3. The Bertz CT molecular complexity index is 644. The van der Waals surface area contributed by atoms with Crippen molar-refractivity contribution in [3.05, 3.63) is 48.3 Å². The summed E-state index contributed by atoms with van der Waals surface area (Å²) in [7, 11) is 0. The molecule has 0 aliphatic rings. The van der Waals surface area contributed by atoms with Gasteiger partial charge in [0, 0.05) is 18.4 Å². The van der Waals surface area contributed by atoms with E-state index in [2.05, 4.69) is 10.4 Å². The highest BCUT2D eigenvalue weighted by atomic mass is 16.5. The molecule has 1 heterocycles. The van der Waals surface area contributed by atoms with Gasteiger partial charge in [0.05, 0.1) is 18.2 Å². The molecule has 0 bridgehead atoms. The summed E-state index contributed by atoms with van der Waals surface area (Å²) < 4.78 is 7.33. The van der Waals surface area contributed by atoms with Crippen LogP contribution < -0.4 is 10.1 Å². The molecule has 0 radical (unpaired) electrons. The zero-order chi connectivity index (χ0) is 15.9. The predicted molar refractivity (Wildman–Crippen MR) is 81.1 cm³/mol. The van der Waals surface area contributed by atoms with Gasteiger partial charge in [0.25, 0.3) is 5.91 Å². The fourth-order valence-corrected chi connectivity index (χ4v) is 1.96. The van der Waals surface area contributed by atoms with Gasteiger partial charge in [-0.05, 0) is 44.2 Å². The lowest BCUT2D eigenvalue weighted by atomic mass is 10.2. The first-order valence-corrected chi connectivity index (χ1v) is 7.03. The minimum atomic E-state index is -0.618. The molecule has 22 heavy (non-hydrogen) atoms. The highest BCUT2D eigenvalue weighted by Crippen LogP contribution is 2.13. The summed E-state index contributed by atoms with van der Waals surface area (Å²) in [6, 6.07) is 10.5. The molecule has 1 amide bonds. The van der Waals surface area contributed by atoms with Gasteiger partial charge in [0.15, 0.2) is 6.10 Å². The van der Waals surface area contributed by atoms with Crippen molar-refractivity contribution in [1.82, 2.24) is 15.1 Å². The van der Waals surface area contributed by atoms with Crippen LogP contribution in [0.3, 0.4) is 0 Å². The molecule has 2 atom stereocenters. The second kappa shape index (κ2) is 7.27. The van der Waals surface area contributed by atoms with Crippen LogP contribution >= 0.6 is 0 Å². The Morgan fingerprint density at radius 2 is 2.14 bits per heavy atom. The van der Waals surface area contributed by atoms with Crippen molar-refractivity contribution in [3.63, 3.8) is 0 Å². The Labute approximate surface area is 129 Å². The van der Waals surface area contributed by atoms with Crippen molar-refractivity contribution in [1.29, 1.82) is 5.26 Å². The summed E-state index contributed by atoms with van der Waals surface area (Å²) in [5.74, 6) is 0.366. The summed E-state index contributed by atoms with van der Waals surface area (Å²) in [5.41, 5.74) is 0.553. The van der Waals surface area contributed by atoms with Crippen molar-refractivity contribution in [3.8, 4) is 11.8 Å². The number of nitriles is 1. The second-order valence-electron chi connectivity index (χ2n) is 5.03. The van der Waals surface area contributed by atoms with Crippen molar-refractivity contribution in [2.45, 2.75) is 32.5 Å². The molecule has 114 valence electrons. The molecule has 6 nitrogen and oxygen atoms in total. The summed E-state index contributed by atoms with van der Waals surface area (Å²) in [5, 5.41) is 15.7. The highest BCUT2D eigenvalue weighted by molar-refractivity contribution is 5.80. The van der Waals surface area contributed by atoms with E-state index in [1.165, 1.54) is 0 Å². The van der Waals surface area contributed by atoms with Gasteiger partial charge in [-0.1, -0.05) is 0 Å². The molecular weight excluding hydrogens is 280 g/mol. The maximum atomic E-state index is 12.1. The largest absolute Gasteiger partial charge is 0.481 e. The average molecular weight is 298 g/mol. The van der Waals surface area contributed by atoms with Gasteiger partial charge in [-0.2, -0.15) is 10.4 Å². The van der Waals surface area contributed by atoms with Crippen molar-refractivity contribution >= 4 is 5.91 Å². The number of carbonyl (C=O) groups excluding carboxylic acids is 1. The van der Waals surface area contributed by atoms with Gasteiger partial charge in [0.2, 0.25) is 0 Å². The van der Waals surface area contributed by atoms with Crippen molar-refractivity contribution in [2.24, 2.45) is 0 Å². The maximum Gasteiger partial charge on any atom is 0.261 e. The summed E-state index contributed by atoms with van der Waals surface area (Å²) in [6.07, 6.45) is 2.93. The smallest absolute Gasteiger partial charge is 0.261 e. The zero-order valence-corrected chi connectivity index (χ0v) is 12.6. The SMILES string of the molecule is C[C@H](Cn1cccn1)NC(=O)[C@@H](C)Oc1ccc(C#N)cc1. The Morgan fingerprint density at radius 3 is 2.73 bits per heavy atom. The molecule has 1 aromatic heterocycles. The topological polar surface area (TPSA) is 79.9 Å². The zero-order valence-electron chi connectivity index (χ0n) is 12.6. The summed E-state index contributed by atoms with van der Waals surface area (Å²) >= 11 is 0. The van der Waals surface area contributed by atoms with Gasteiger partial charge < -0.3 is 10.1 Å². The average Bonchev–Trinajstić information content (AvgIpc) is 3.00. The Balaban J connectivity index is 1.84. The van der Waals surface area contributed by atoms with Gasteiger partial charge in [-0.15, -0.1) is 0 Å². The van der Waals surface area contributed by atoms with Crippen LogP contribution in [0.5, 0.6) is 5.75 Å². The van der Waals surface area contributed by atoms with Crippen molar-refractivity contribution in [2.75, 3.05) is 0 Å². The number of nitrogens with one attached hydrogen (secondary N) is 1. The quantitative estimate of drug-likeness (QED) is 0.880. The van der Waals surface area contributed by atoms with Gasteiger partial charge >= 0.3 is 0 Å². The van der Waals surface area contributed by atoms with E-state index in [9.17, 15) is 4.79 Å². The Hall–Kier alpha value is -2.81. The van der Waals surface area contributed by atoms with E-state index in [0.29, 0.717) is 17.9 Å². The Kier molecular flexibility index (Phi) is 5.15. The highest BCUT2D eigenvalue weighted by Gasteiger charge is 2.17. The van der Waals surface area contributed by atoms with E-state index in [0.717, 1.165) is 0 Å². The van der Waals surface area contributed by atoms with Crippen molar-refractivity contribution < 1.29 is 9.53 Å². The monoisotopic (exact) mass is 298 g/mol. The van der Waals surface area contributed by atoms with Gasteiger partial charge in [-0.25, -0.2) is 0 Å².